The van der Waals surface area contributed by atoms with E-state index in [1.807, 2.05) is 6.92 Å². The molecule has 2 aromatic carbocycles. The Morgan fingerprint density at radius 3 is 2.78 bits per heavy atom. The molecule has 2 aromatic rings. The van der Waals surface area contributed by atoms with Crippen LogP contribution < -0.4 is 10.1 Å². The van der Waals surface area contributed by atoms with E-state index < -0.39 is 0 Å². The number of hydrogen-bond acceptors (Lipinski definition) is 3. The zero-order valence-electron chi connectivity index (χ0n) is 10.4. The third-order valence-corrected chi connectivity index (χ3v) is 2.75. The van der Waals surface area contributed by atoms with E-state index in [1.165, 1.54) is 6.07 Å². The fourth-order valence-electron chi connectivity index (χ4n) is 1.91. The predicted molar refractivity (Wildman–Crippen MR) is 70.2 cm³/mol. The summed E-state index contributed by atoms with van der Waals surface area (Å²) in [4.78, 5) is 11.8. The molecule has 0 saturated carbocycles. The number of ether oxygens (including phenoxy) is 1. The van der Waals surface area contributed by atoms with Crippen molar-refractivity contribution in [2.24, 2.45) is 0 Å². The molecule has 0 aliphatic rings. The van der Waals surface area contributed by atoms with E-state index in [4.69, 9.17) is 4.74 Å². The molecule has 4 nitrogen and oxygen atoms in total. The van der Waals surface area contributed by atoms with Gasteiger partial charge in [-0.1, -0.05) is 12.1 Å². The molecule has 0 heterocycles. The number of nitrogens with one attached hydrogen (secondary N) is 1. The first kappa shape index (κ1) is 12.2. The topological polar surface area (TPSA) is 58.6 Å². The van der Waals surface area contributed by atoms with Crippen molar-refractivity contribution < 1.29 is 14.6 Å². The molecule has 0 spiro atoms. The highest BCUT2D eigenvalue weighted by molar-refractivity contribution is 6.02. The largest absolute Gasteiger partial charge is 0.507 e. The lowest BCUT2D eigenvalue weighted by Crippen LogP contribution is -2.22. The van der Waals surface area contributed by atoms with Gasteiger partial charge in [-0.25, -0.2) is 0 Å². The number of phenolic OH excluding ortho intramolecular Hbond substituents is 1. The number of rotatable bonds is 3. The highest BCUT2D eigenvalue weighted by Gasteiger charge is 2.11. The van der Waals surface area contributed by atoms with E-state index in [0.717, 1.165) is 5.39 Å². The third-order valence-electron chi connectivity index (χ3n) is 2.75. The van der Waals surface area contributed by atoms with Crippen LogP contribution in [0.5, 0.6) is 11.5 Å². The van der Waals surface area contributed by atoms with Crippen LogP contribution in [0.15, 0.2) is 30.3 Å². The van der Waals surface area contributed by atoms with Crippen molar-refractivity contribution in [1.29, 1.82) is 0 Å². The average molecular weight is 245 g/mol. The lowest BCUT2D eigenvalue weighted by Gasteiger charge is -2.09. The molecule has 0 radical (unpaired) electrons. The average Bonchev–Trinajstić information content (AvgIpc) is 2.38. The van der Waals surface area contributed by atoms with Crippen LogP contribution in [0.2, 0.25) is 0 Å². The Balaban J connectivity index is 2.63. The zero-order valence-corrected chi connectivity index (χ0v) is 10.4. The Hall–Kier alpha value is -2.23. The molecular weight excluding hydrogens is 230 g/mol. The Kier molecular flexibility index (Phi) is 3.37. The van der Waals surface area contributed by atoms with Crippen LogP contribution in [0.25, 0.3) is 10.8 Å². The summed E-state index contributed by atoms with van der Waals surface area (Å²) in [5.41, 5.74) is 0.423. The van der Waals surface area contributed by atoms with E-state index in [9.17, 15) is 9.90 Å². The van der Waals surface area contributed by atoms with E-state index in [2.05, 4.69) is 5.32 Å². The smallest absolute Gasteiger partial charge is 0.251 e. The van der Waals surface area contributed by atoms with E-state index in [0.29, 0.717) is 23.2 Å². The molecule has 0 bridgehead atoms. The lowest BCUT2D eigenvalue weighted by molar-refractivity contribution is 0.0955. The first-order valence-electron chi connectivity index (χ1n) is 5.75. The number of hydrogen-bond donors (Lipinski definition) is 2. The number of aromatic hydroxyl groups is 1. The Morgan fingerprint density at radius 2 is 2.11 bits per heavy atom. The maximum Gasteiger partial charge on any atom is 0.251 e. The van der Waals surface area contributed by atoms with Gasteiger partial charge in [-0.2, -0.15) is 0 Å². The van der Waals surface area contributed by atoms with Gasteiger partial charge >= 0.3 is 0 Å². The van der Waals surface area contributed by atoms with Crippen LogP contribution in [-0.4, -0.2) is 24.7 Å². The highest BCUT2D eigenvalue weighted by Crippen LogP contribution is 2.32. The standard InChI is InChI=1S/C14H15NO3/c1-3-15-14(17)9-7-11-10(12(16)8-9)5-4-6-13(11)18-2/h4-8,16H,3H2,1-2H3,(H,15,17). The summed E-state index contributed by atoms with van der Waals surface area (Å²) in [5.74, 6) is 0.502. The fourth-order valence-corrected chi connectivity index (χ4v) is 1.91. The second-order valence-corrected chi connectivity index (χ2v) is 3.91. The number of methoxy groups -OCH3 is 1. The van der Waals surface area contributed by atoms with E-state index >= 15 is 0 Å². The molecule has 0 aliphatic heterocycles. The monoisotopic (exact) mass is 245 g/mol. The highest BCUT2D eigenvalue weighted by atomic mass is 16.5. The SMILES string of the molecule is CCNC(=O)c1cc(O)c2cccc(OC)c2c1. The van der Waals surface area contributed by atoms with Crippen molar-refractivity contribution in [1.82, 2.24) is 5.32 Å². The molecule has 1 amide bonds. The van der Waals surface area contributed by atoms with Crippen LogP contribution in [0.1, 0.15) is 17.3 Å². The minimum absolute atomic E-state index is 0.0765. The second kappa shape index (κ2) is 4.96. The molecule has 0 saturated heterocycles. The van der Waals surface area contributed by atoms with Gasteiger partial charge in [0.15, 0.2) is 0 Å². The van der Waals surface area contributed by atoms with Gasteiger partial charge in [0.25, 0.3) is 5.91 Å². The summed E-state index contributed by atoms with van der Waals surface area (Å²) in [5, 5.41) is 14.0. The minimum Gasteiger partial charge on any atom is -0.507 e. The molecule has 2 rings (SSSR count). The number of amides is 1. The number of carbonyl (C=O) groups excluding carboxylic acids is 1. The van der Waals surface area contributed by atoms with E-state index in [1.54, 1.807) is 31.4 Å². The van der Waals surface area contributed by atoms with Crippen molar-refractivity contribution in [2.75, 3.05) is 13.7 Å². The molecule has 0 unspecified atom stereocenters. The lowest BCUT2D eigenvalue weighted by atomic mass is 10.0. The number of phenols is 1. The first-order valence-corrected chi connectivity index (χ1v) is 5.75. The minimum atomic E-state index is -0.208. The zero-order chi connectivity index (χ0) is 13.1. The molecular formula is C14H15NO3. The Morgan fingerprint density at radius 1 is 1.33 bits per heavy atom. The summed E-state index contributed by atoms with van der Waals surface area (Å²) in [6.45, 7) is 2.39. The van der Waals surface area contributed by atoms with Crippen molar-refractivity contribution in [2.45, 2.75) is 6.92 Å². The summed E-state index contributed by atoms with van der Waals surface area (Å²) < 4.78 is 5.23. The van der Waals surface area contributed by atoms with Crippen LogP contribution in [-0.2, 0) is 0 Å². The normalized spacial score (nSPS) is 10.3. The predicted octanol–water partition coefficient (Wildman–Crippen LogP) is 2.30. The third kappa shape index (κ3) is 2.09. The number of carbonyl (C=O) groups is 1. The quantitative estimate of drug-likeness (QED) is 0.872. The fraction of sp³-hybridized carbons (Fsp3) is 0.214. The van der Waals surface area contributed by atoms with E-state index in [-0.39, 0.29) is 11.7 Å². The van der Waals surface area contributed by atoms with Gasteiger partial charge in [-0.05, 0) is 25.1 Å². The van der Waals surface area contributed by atoms with Gasteiger partial charge < -0.3 is 15.2 Å². The van der Waals surface area contributed by atoms with Gasteiger partial charge in [-0.15, -0.1) is 0 Å². The Bertz CT molecular complexity index is 593. The number of fused-ring (bicyclic) bond motifs is 1. The van der Waals surface area contributed by atoms with Crippen LogP contribution in [0.3, 0.4) is 0 Å². The molecule has 4 heteroatoms. The van der Waals surface area contributed by atoms with Crippen LogP contribution in [0.4, 0.5) is 0 Å². The van der Waals surface area contributed by atoms with Gasteiger partial charge in [0.05, 0.1) is 7.11 Å². The molecule has 0 fully saturated rings. The van der Waals surface area contributed by atoms with Crippen molar-refractivity contribution in [3.63, 3.8) is 0 Å². The van der Waals surface area contributed by atoms with Crippen molar-refractivity contribution >= 4 is 16.7 Å². The van der Waals surface area contributed by atoms with Gasteiger partial charge in [0, 0.05) is 22.9 Å². The van der Waals surface area contributed by atoms with Gasteiger partial charge in [0.1, 0.15) is 11.5 Å². The molecule has 2 N–H and O–H groups in total. The molecule has 18 heavy (non-hydrogen) atoms. The first-order chi connectivity index (χ1) is 8.67. The van der Waals surface area contributed by atoms with Gasteiger partial charge in [-0.3, -0.25) is 4.79 Å². The number of benzene rings is 2. The van der Waals surface area contributed by atoms with Crippen LogP contribution >= 0.6 is 0 Å². The van der Waals surface area contributed by atoms with Gasteiger partial charge in [0.2, 0.25) is 0 Å². The summed E-state index contributed by atoms with van der Waals surface area (Å²) >= 11 is 0. The second-order valence-electron chi connectivity index (χ2n) is 3.91. The molecule has 0 atom stereocenters. The maximum absolute atomic E-state index is 11.8. The van der Waals surface area contributed by atoms with Crippen molar-refractivity contribution in [3.8, 4) is 11.5 Å². The maximum atomic E-state index is 11.8. The van der Waals surface area contributed by atoms with Crippen LogP contribution in [0, 0.1) is 0 Å². The summed E-state index contributed by atoms with van der Waals surface area (Å²) in [7, 11) is 1.56. The molecule has 0 aliphatic carbocycles. The van der Waals surface area contributed by atoms with Crippen molar-refractivity contribution in [3.05, 3.63) is 35.9 Å². The Labute approximate surface area is 105 Å². The molecule has 94 valence electrons. The summed E-state index contributed by atoms with van der Waals surface area (Å²) in [6, 6.07) is 8.57. The summed E-state index contributed by atoms with van der Waals surface area (Å²) in [6.07, 6.45) is 0. The molecule has 0 aromatic heterocycles.